The Balaban J connectivity index is 1.82. The molecular formula is C17H19N3O. The zero-order valence-electron chi connectivity index (χ0n) is 12.1. The molecule has 2 aromatic rings. The summed E-state index contributed by atoms with van der Waals surface area (Å²) in [6.45, 7) is 2.32. The fourth-order valence-electron chi connectivity index (χ4n) is 2.59. The van der Waals surface area contributed by atoms with Gasteiger partial charge in [0.15, 0.2) is 0 Å². The Bertz CT molecular complexity index is 640. The van der Waals surface area contributed by atoms with Gasteiger partial charge in [-0.3, -0.25) is 4.79 Å². The Morgan fingerprint density at radius 2 is 1.81 bits per heavy atom. The lowest BCUT2D eigenvalue weighted by atomic mass is 10.1. The lowest BCUT2D eigenvalue weighted by Crippen LogP contribution is -2.29. The molecule has 4 heteroatoms. The molecule has 21 heavy (non-hydrogen) atoms. The van der Waals surface area contributed by atoms with Crippen LogP contribution >= 0.6 is 0 Å². The predicted octanol–water partition coefficient (Wildman–Crippen LogP) is 2.80. The zero-order chi connectivity index (χ0) is 14.7. The number of anilines is 2. The summed E-state index contributed by atoms with van der Waals surface area (Å²) in [6.07, 6.45) is 0. The van der Waals surface area contributed by atoms with Gasteiger partial charge in [-0.1, -0.05) is 36.4 Å². The number of hydrogen-bond acceptors (Lipinski definition) is 3. The molecule has 1 aliphatic heterocycles. The van der Waals surface area contributed by atoms with Crippen LogP contribution in [0.25, 0.3) is 0 Å². The van der Waals surface area contributed by atoms with E-state index in [1.54, 1.807) is 4.90 Å². The molecule has 0 saturated carbocycles. The highest BCUT2D eigenvalue weighted by molar-refractivity contribution is 6.02. The quantitative estimate of drug-likeness (QED) is 0.909. The fraction of sp³-hybridized carbons (Fsp3) is 0.235. The average molecular weight is 281 g/mol. The minimum Gasteiger partial charge on any atom is -0.382 e. The predicted molar refractivity (Wildman–Crippen MR) is 85.7 cm³/mol. The first-order valence-electron chi connectivity index (χ1n) is 7.16. The van der Waals surface area contributed by atoms with E-state index in [4.69, 9.17) is 0 Å². The van der Waals surface area contributed by atoms with Crippen molar-refractivity contribution >= 4 is 17.3 Å². The van der Waals surface area contributed by atoms with Crippen LogP contribution in [0.2, 0.25) is 0 Å². The Labute approximate surface area is 124 Å². The van der Waals surface area contributed by atoms with E-state index in [9.17, 15) is 4.79 Å². The number of amides is 1. The van der Waals surface area contributed by atoms with Crippen LogP contribution in [-0.4, -0.2) is 30.9 Å². The molecular weight excluding hydrogens is 262 g/mol. The third-order valence-electron chi connectivity index (χ3n) is 3.65. The number of nitrogens with one attached hydrogen (secondary N) is 2. The number of para-hydroxylation sites is 1. The zero-order valence-corrected chi connectivity index (χ0v) is 12.1. The third kappa shape index (κ3) is 2.84. The maximum atomic E-state index is 12.7. The number of benzene rings is 2. The lowest BCUT2D eigenvalue weighted by molar-refractivity contribution is 0.0786. The minimum atomic E-state index is 0.0342. The minimum absolute atomic E-state index is 0.0342. The summed E-state index contributed by atoms with van der Waals surface area (Å²) in [5.74, 6) is 0.0342. The monoisotopic (exact) mass is 281 g/mol. The van der Waals surface area contributed by atoms with Crippen molar-refractivity contribution in [3.8, 4) is 0 Å². The highest BCUT2D eigenvalue weighted by Crippen LogP contribution is 2.29. The first-order chi connectivity index (χ1) is 10.3. The van der Waals surface area contributed by atoms with Gasteiger partial charge in [-0.05, 0) is 17.7 Å². The molecule has 0 fully saturated rings. The first kappa shape index (κ1) is 13.5. The second-order valence-electron chi connectivity index (χ2n) is 5.23. The van der Waals surface area contributed by atoms with Crippen LogP contribution in [0.1, 0.15) is 15.9 Å². The van der Waals surface area contributed by atoms with Crippen molar-refractivity contribution in [2.75, 3.05) is 30.8 Å². The largest absolute Gasteiger partial charge is 0.382 e. The van der Waals surface area contributed by atoms with Crippen molar-refractivity contribution in [3.63, 3.8) is 0 Å². The van der Waals surface area contributed by atoms with E-state index in [1.165, 1.54) is 0 Å². The van der Waals surface area contributed by atoms with Gasteiger partial charge in [0.2, 0.25) is 0 Å². The second-order valence-corrected chi connectivity index (χ2v) is 5.23. The Hall–Kier alpha value is -2.49. The normalized spacial score (nSPS) is 12.8. The second kappa shape index (κ2) is 5.87. The highest BCUT2D eigenvalue weighted by atomic mass is 16.2. The van der Waals surface area contributed by atoms with Crippen LogP contribution in [0.15, 0.2) is 48.5 Å². The number of carbonyl (C=O) groups is 1. The average Bonchev–Trinajstić information content (AvgIpc) is 2.54. The van der Waals surface area contributed by atoms with E-state index in [0.717, 1.165) is 35.6 Å². The molecule has 0 saturated heterocycles. The van der Waals surface area contributed by atoms with E-state index in [-0.39, 0.29) is 5.91 Å². The Kier molecular flexibility index (Phi) is 3.77. The molecule has 4 nitrogen and oxygen atoms in total. The van der Waals surface area contributed by atoms with Gasteiger partial charge in [-0.15, -0.1) is 0 Å². The fourth-order valence-corrected chi connectivity index (χ4v) is 2.59. The van der Waals surface area contributed by atoms with Crippen LogP contribution in [-0.2, 0) is 6.54 Å². The van der Waals surface area contributed by atoms with Gasteiger partial charge in [-0.25, -0.2) is 0 Å². The van der Waals surface area contributed by atoms with Gasteiger partial charge in [0, 0.05) is 26.7 Å². The third-order valence-corrected chi connectivity index (χ3v) is 3.65. The van der Waals surface area contributed by atoms with Crippen LogP contribution in [0.5, 0.6) is 0 Å². The molecule has 108 valence electrons. The molecule has 0 bridgehead atoms. The van der Waals surface area contributed by atoms with Crippen molar-refractivity contribution in [1.82, 2.24) is 4.90 Å². The van der Waals surface area contributed by atoms with E-state index in [2.05, 4.69) is 10.6 Å². The molecule has 2 N–H and O–H groups in total. The summed E-state index contributed by atoms with van der Waals surface area (Å²) < 4.78 is 0. The van der Waals surface area contributed by atoms with Gasteiger partial charge in [0.25, 0.3) is 5.91 Å². The number of fused-ring (bicyclic) bond motifs is 1. The van der Waals surface area contributed by atoms with Crippen LogP contribution in [0.3, 0.4) is 0 Å². The number of hydrogen-bond donors (Lipinski definition) is 2. The molecule has 0 unspecified atom stereocenters. The van der Waals surface area contributed by atoms with E-state index in [1.807, 2.05) is 55.6 Å². The number of rotatable bonds is 3. The molecule has 0 spiro atoms. The summed E-state index contributed by atoms with van der Waals surface area (Å²) in [5.41, 5.74) is 3.76. The van der Waals surface area contributed by atoms with Crippen molar-refractivity contribution in [3.05, 3.63) is 59.7 Å². The van der Waals surface area contributed by atoms with Crippen molar-refractivity contribution in [2.24, 2.45) is 0 Å². The molecule has 2 aromatic carbocycles. The SMILES string of the molecule is CN(Cc1ccccc1)C(=O)c1cccc2c1NCCN2. The van der Waals surface area contributed by atoms with Gasteiger partial charge in [0.05, 0.1) is 16.9 Å². The van der Waals surface area contributed by atoms with Gasteiger partial charge in [-0.2, -0.15) is 0 Å². The molecule has 0 radical (unpaired) electrons. The molecule has 0 atom stereocenters. The first-order valence-corrected chi connectivity index (χ1v) is 7.16. The highest BCUT2D eigenvalue weighted by Gasteiger charge is 2.19. The van der Waals surface area contributed by atoms with E-state index < -0.39 is 0 Å². The molecule has 1 amide bonds. The molecule has 0 aliphatic carbocycles. The van der Waals surface area contributed by atoms with Crippen LogP contribution in [0.4, 0.5) is 11.4 Å². The van der Waals surface area contributed by atoms with Crippen molar-refractivity contribution < 1.29 is 4.79 Å². The Morgan fingerprint density at radius 3 is 2.62 bits per heavy atom. The Morgan fingerprint density at radius 1 is 1.05 bits per heavy atom. The summed E-state index contributed by atoms with van der Waals surface area (Å²) in [4.78, 5) is 14.4. The summed E-state index contributed by atoms with van der Waals surface area (Å²) in [6, 6.07) is 15.8. The topological polar surface area (TPSA) is 44.4 Å². The van der Waals surface area contributed by atoms with Gasteiger partial charge < -0.3 is 15.5 Å². The summed E-state index contributed by atoms with van der Waals surface area (Å²) in [5, 5.41) is 6.63. The maximum absolute atomic E-state index is 12.7. The summed E-state index contributed by atoms with van der Waals surface area (Å²) >= 11 is 0. The van der Waals surface area contributed by atoms with Crippen LogP contribution in [0, 0.1) is 0 Å². The van der Waals surface area contributed by atoms with Gasteiger partial charge in [0.1, 0.15) is 0 Å². The molecule has 1 aliphatic rings. The van der Waals surface area contributed by atoms with Crippen molar-refractivity contribution in [2.45, 2.75) is 6.54 Å². The number of carbonyl (C=O) groups excluding carboxylic acids is 1. The standard InChI is InChI=1S/C17H19N3O/c1-20(12-13-6-3-2-4-7-13)17(21)14-8-5-9-15-16(14)19-11-10-18-15/h2-9,18-19H,10-12H2,1H3. The van der Waals surface area contributed by atoms with E-state index >= 15 is 0 Å². The van der Waals surface area contributed by atoms with E-state index in [0.29, 0.717) is 6.54 Å². The maximum Gasteiger partial charge on any atom is 0.256 e. The summed E-state index contributed by atoms with van der Waals surface area (Å²) in [7, 11) is 1.84. The number of nitrogens with zero attached hydrogens (tertiary/aromatic N) is 1. The lowest BCUT2D eigenvalue weighted by Gasteiger charge is -2.24. The molecule has 1 heterocycles. The van der Waals surface area contributed by atoms with Gasteiger partial charge >= 0.3 is 0 Å². The molecule has 0 aromatic heterocycles. The van der Waals surface area contributed by atoms with Crippen molar-refractivity contribution in [1.29, 1.82) is 0 Å². The molecule has 3 rings (SSSR count). The van der Waals surface area contributed by atoms with Crippen LogP contribution < -0.4 is 10.6 Å². The smallest absolute Gasteiger partial charge is 0.256 e.